The first-order valence-corrected chi connectivity index (χ1v) is 5.40. The molecule has 0 heterocycles. The van der Waals surface area contributed by atoms with Gasteiger partial charge in [-0.2, -0.15) is 0 Å². The van der Waals surface area contributed by atoms with E-state index in [1.807, 2.05) is 12.1 Å². The third kappa shape index (κ3) is 8.01. The van der Waals surface area contributed by atoms with E-state index in [1.165, 1.54) is 5.56 Å². The maximum Gasteiger partial charge on any atom is 0.119 e. The standard InChI is InChI=1S/C11H16O.C2H6O/c1-9(2)8-12-11-6-4-5-10(3)7-11;1-2-3/h4-7,9H,8H2,1-3H3;3H,2H2,1H3. The Bertz CT molecular complexity index is 256. The second-order valence-corrected chi connectivity index (χ2v) is 3.84. The van der Waals surface area contributed by atoms with Crippen LogP contribution in [0.4, 0.5) is 0 Å². The molecule has 15 heavy (non-hydrogen) atoms. The minimum absolute atomic E-state index is 0.250. The van der Waals surface area contributed by atoms with E-state index in [0.717, 1.165) is 12.4 Å². The maximum atomic E-state index is 7.57. The third-order valence-corrected chi connectivity index (χ3v) is 1.57. The summed E-state index contributed by atoms with van der Waals surface area (Å²) in [7, 11) is 0. The highest BCUT2D eigenvalue weighted by Crippen LogP contribution is 2.12. The molecule has 1 rings (SSSR count). The van der Waals surface area contributed by atoms with Crippen molar-refractivity contribution in [2.24, 2.45) is 5.92 Å². The van der Waals surface area contributed by atoms with Gasteiger partial charge in [-0.15, -0.1) is 0 Å². The Morgan fingerprint density at radius 1 is 1.33 bits per heavy atom. The molecule has 0 saturated carbocycles. The molecule has 2 nitrogen and oxygen atoms in total. The fourth-order valence-corrected chi connectivity index (χ4v) is 0.968. The van der Waals surface area contributed by atoms with Gasteiger partial charge in [-0.05, 0) is 37.5 Å². The lowest BCUT2D eigenvalue weighted by Crippen LogP contribution is -2.04. The molecular weight excluding hydrogens is 188 g/mol. The van der Waals surface area contributed by atoms with Crippen LogP contribution in [0.25, 0.3) is 0 Å². The molecule has 2 heteroatoms. The minimum atomic E-state index is 0.250. The molecule has 86 valence electrons. The SMILES string of the molecule is CCO.Cc1cccc(OCC(C)C)c1. The highest BCUT2D eigenvalue weighted by molar-refractivity contribution is 5.27. The minimum Gasteiger partial charge on any atom is -0.493 e. The largest absolute Gasteiger partial charge is 0.493 e. The Morgan fingerprint density at radius 3 is 2.40 bits per heavy atom. The number of ether oxygens (including phenoxy) is 1. The highest BCUT2D eigenvalue weighted by Gasteiger charge is 1.95. The van der Waals surface area contributed by atoms with Crippen LogP contribution in [0.3, 0.4) is 0 Å². The number of aliphatic hydroxyl groups excluding tert-OH is 1. The molecule has 1 N–H and O–H groups in total. The number of benzene rings is 1. The van der Waals surface area contributed by atoms with Gasteiger partial charge in [0.1, 0.15) is 5.75 Å². The van der Waals surface area contributed by atoms with Crippen molar-refractivity contribution in [3.05, 3.63) is 29.8 Å². The molecule has 0 bridgehead atoms. The molecule has 0 atom stereocenters. The van der Waals surface area contributed by atoms with E-state index in [-0.39, 0.29) is 6.61 Å². The van der Waals surface area contributed by atoms with Crippen LogP contribution in [0, 0.1) is 12.8 Å². The molecule has 0 aliphatic heterocycles. The van der Waals surface area contributed by atoms with E-state index in [1.54, 1.807) is 6.92 Å². The molecule has 0 amide bonds. The molecule has 0 aromatic heterocycles. The van der Waals surface area contributed by atoms with Crippen molar-refractivity contribution < 1.29 is 9.84 Å². The van der Waals surface area contributed by atoms with Gasteiger partial charge in [0, 0.05) is 6.61 Å². The van der Waals surface area contributed by atoms with Crippen LogP contribution in [-0.4, -0.2) is 18.3 Å². The van der Waals surface area contributed by atoms with Gasteiger partial charge in [0.2, 0.25) is 0 Å². The lowest BCUT2D eigenvalue weighted by atomic mass is 10.2. The zero-order chi connectivity index (χ0) is 11.7. The van der Waals surface area contributed by atoms with Crippen LogP contribution in [0.2, 0.25) is 0 Å². The van der Waals surface area contributed by atoms with Crippen LogP contribution in [-0.2, 0) is 0 Å². The van der Waals surface area contributed by atoms with Gasteiger partial charge in [-0.1, -0.05) is 26.0 Å². The summed E-state index contributed by atoms with van der Waals surface area (Å²) in [5.41, 5.74) is 1.25. The van der Waals surface area contributed by atoms with Gasteiger partial charge in [0.15, 0.2) is 0 Å². The van der Waals surface area contributed by atoms with Crippen molar-refractivity contribution in [1.29, 1.82) is 0 Å². The van der Waals surface area contributed by atoms with Gasteiger partial charge in [0.05, 0.1) is 6.61 Å². The van der Waals surface area contributed by atoms with E-state index in [9.17, 15) is 0 Å². The average Bonchev–Trinajstić information content (AvgIpc) is 2.16. The van der Waals surface area contributed by atoms with Gasteiger partial charge < -0.3 is 9.84 Å². The van der Waals surface area contributed by atoms with Gasteiger partial charge in [-0.25, -0.2) is 0 Å². The third-order valence-electron chi connectivity index (χ3n) is 1.57. The summed E-state index contributed by atoms with van der Waals surface area (Å²) in [6.07, 6.45) is 0. The lowest BCUT2D eigenvalue weighted by molar-refractivity contribution is 0.271. The zero-order valence-corrected chi connectivity index (χ0v) is 10.2. The van der Waals surface area contributed by atoms with Crippen molar-refractivity contribution in [3.63, 3.8) is 0 Å². The maximum absolute atomic E-state index is 7.57. The molecule has 0 aliphatic carbocycles. The monoisotopic (exact) mass is 210 g/mol. The summed E-state index contributed by atoms with van der Waals surface area (Å²) in [6.45, 7) is 9.09. The van der Waals surface area contributed by atoms with Crippen molar-refractivity contribution in [3.8, 4) is 5.75 Å². The van der Waals surface area contributed by atoms with E-state index in [0.29, 0.717) is 5.92 Å². The Hall–Kier alpha value is -1.02. The first-order chi connectivity index (χ1) is 7.10. The van der Waals surface area contributed by atoms with E-state index >= 15 is 0 Å². The van der Waals surface area contributed by atoms with Crippen molar-refractivity contribution in [2.75, 3.05) is 13.2 Å². The topological polar surface area (TPSA) is 29.5 Å². The Balaban J connectivity index is 0.000000583. The average molecular weight is 210 g/mol. The molecular formula is C13H22O2. The van der Waals surface area contributed by atoms with Gasteiger partial charge in [0.25, 0.3) is 0 Å². The Morgan fingerprint density at radius 2 is 1.93 bits per heavy atom. The molecule has 0 aliphatic rings. The van der Waals surface area contributed by atoms with Crippen LogP contribution in [0.1, 0.15) is 26.3 Å². The molecule has 0 spiro atoms. The van der Waals surface area contributed by atoms with Crippen LogP contribution >= 0.6 is 0 Å². The molecule has 0 saturated heterocycles. The van der Waals surface area contributed by atoms with Crippen molar-refractivity contribution in [1.82, 2.24) is 0 Å². The summed E-state index contributed by atoms with van der Waals surface area (Å²) < 4.78 is 5.55. The second kappa shape index (κ2) is 8.30. The first-order valence-electron chi connectivity index (χ1n) is 5.40. The van der Waals surface area contributed by atoms with Gasteiger partial charge in [-0.3, -0.25) is 0 Å². The van der Waals surface area contributed by atoms with Crippen LogP contribution in [0.5, 0.6) is 5.75 Å². The number of hydrogen-bond acceptors (Lipinski definition) is 2. The molecule has 1 aromatic rings. The summed E-state index contributed by atoms with van der Waals surface area (Å²) in [5, 5.41) is 7.57. The smallest absolute Gasteiger partial charge is 0.119 e. The van der Waals surface area contributed by atoms with Crippen LogP contribution in [0.15, 0.2) is 24.3 Å². The predicted octanol–water partition coefficient (Wildman–Crippen LogP) is 3.03. The Kier molecular flexibility index (Phi) is 7.74. The molecule has 1 aromatic carbocycles. The second-order valence-electron chi connectivity index (χ2n) is 3.84. The van der Waals surface area contributed by atoms with E-state index in [2.05, 4.69) is 32.9 Å². The zero-order valence-electron chi connectivity index (χ0n) is 10.2. The van der Waals surface area contributed by atoms with Crippen molar-refractivity contribution in [2.45, 2.75) is 27.7 Å². The number of hydrogen-bond donors (Lipinski definition) is 1. The number of aliphatic hydroxyl groups is 1. The highest BCUT2D eigenvalue weighted by atomic mass is 16.5. The quantitative estimate of drug-likeness (QED) is 0.831. The molecule has 0 unspecified atom stereocenters. The van der Waals surface area contributed by atoms with Crippen LogP contribution < -0.4 is 4.74 Å². The fraction of sp³-hybridized carbons (Fsp3) is 0.538. The first kappa shape index (κ1) is 14.0. The van der Waals surface area contributed by atoms with Crippen molar-refractivity contribution >= 4 is 0 Å². The summed E-state index contributed by atoms with van der Waals surface area (Å²) in [6, 6.07) is 8.14. The summed E-state index contributed by atoms with van der Waals surface area (Å²) in [4.78, 5) is 0. The Labute approximate surface area is 92.9 Å². The lowest BCUT2D eigenvalue weighted by Gasteiger charge is -2.08. The summed E-state index contributed by atoms with van der Waals surface area (Å²) >= 11 is 0. The number of rotatable bonds is 3. The molecule has 0 radical (unpaired) electrons. The number of aryl methyl sites for hydroxylation is 1. The van der Waals surface area contributed by atoms with E-state index in [4.69, 9.17) is 9.84 Å². The predicted molar refractivity (Wildman–Crippen MR) is 64.3 cm³/mol. The molecule has 0 fully saturated rings. The summed E-state index contributed by atoms with van der Waals surface area (Å²) in [5.74, 6) is 1.56. The van der Waals surface area contributed by atoms with E-state index < -0.39 is 0 Å². The fourth-order valence-electron chi connectivity index (χ4n) is 0.968. The van der Waals surface area contributed by atoms with Gasteiger partial charge >= 0.3 is 0 Å². The normalized spacial score (nSPS) is 9.47.